The molecule has 0 aliphatic carbocycles. The summed E-state index contributed by atoms with van der Waals surface area (Å²) < 4.78 is 12.9. The van der Waals surface area contributed by atoms with Gasteiger partial charge in [-0.15, -0.1) is 0 Å². The third-order valence-corrected chi connectivity index (χ3v) is 4.36. The minimum Gasteiger partial charge on any atom is -0.391 e. The van der Waals surface area contributed by atoms with Crippen molar-refractivity contribution in [2.75, 3.05) is 20.1 Å². The molecule has 0 unspecified atom stereocenters. The van der Waals surface area contributed by atoms with Gasteiger partial charge in [-0.2, -0.15) is 0 Å². The van der Waals surface area contributed by atoms with Crippen molar-refractivity contribution in [1.29, 1.82) is 0 Å². The molecule has 0 radical (unpaired) electrons. The SMILES string of the molecule is CN1CCC(NC(=O)Cc2ccc(F)cc2)(C(N)=S)CC1. The van der Waals surface area contributed by atoms with Crippen LogP contribution in [0.1, 0.15) is 18.4 Å². The van der Waals surface area contributed by atoms with Crippen molar-refractivity contribution in [2.24, 2.45) is 5.73 Å². The minimum absolute atomic E-state index is 0.140. The number of rotatable bonds is 4. The summed E-state index contributed by atoms with van der Waals surface area (Å²) >= 11 is 5.16. The first-order chi connectivity index (χ1) is 9.91. The van der Waals surface area contributed by atoms with Gasteiger partial charge in [-0.3, -0.25) is 4.79 Å². The maximum atomic E-state index is 12.9. The molecule has 1 aliphatic rings. The third-order valence-electron chi connectivity index (χ3n) is 3.97. The molecule has 1 saturated heterocycles. The molecule has 6 heteroatoms. The van der Waals surface area contributed by atoms with Crippen LogP contribution in [0.25, 0.3) is 0 Å². The first kappa shape index (κ1) is 15.9. The summed E-state index contributed by atoms with van der Waals surface area (Å²) in [5, 5.41) is 2.99. The number of piperidine rings is 1. The van der Waals surface area contributed by atoms with Crippen molar-refractivity contribution in [3.63, 3.8) is 0 Å². The summed E-state index contributed by atoms with van der Waals surface area (Å²) in [6.07, 6.45) is 1.63. The minimum atomic E-state index is -0.598. The van der Waals surface area contributed by atoms with E-state index in [0.717, 1.165) is 18.7 Å². The zero-order chi connectivity index (χ0) is 15.5. The monoisotopic (exact) mass is 309 g/mol. The highest BCUT2D eigenvalue weighted by Crippen LogP contribution is 2.22. The van der Waals surface area contributed by atoms with Gasteiger partial charge in [0.25, 0.3) is 0 Å². The zero-order valence-corrected chi connectivity index (χ0v) is 12.9. The number of nitrogens with zero attached hydrogens (tertiary/aromatic N) is 1. The molecule has 4 nitrogen and oxygen atoms in total. The lowest BCUT2D eigenvalue weighted by Gasteiger charge is -2.40. The van der Waals surface area contributed by atoms with Crippen LogP contribution in [0.15, 0.2) is 24.3 Å². The lowest BCUT2D eigenvalue weighted by Crippen LogP contribution is -2.61. The van der Waals surface area contributed by atoms with E-state index < -0.39 is 5.54 Å². The number of nitrogens with two attached hydrogens (primary N) is 1. The smallest absolute Gasteiger partial charge is 0.225 e. The van der Waals surface area contributed by atoms with E-state index in [9.17, 15) is 9.18 Å². The standard InChI is InChI=1S/C15H20FN3OS/c1-19-8-6-15(7-9-19,14(17)21)18-13(20)10-11-2-4-12(16)5-3-11/h2-5H,6-10H2,1H3,(H2,17,21)(H,18,20). The van der Waals surface area contributed by atoms with Gasteiger partial charge in [-0.05, 0) is 37.6 Å². The highest BCUT2D eigenvalue weighted by atomic mass is 32.1. The molecule has 1 amide bonds. The van der Waals surface area contributed by atoms with Gasteiger partial charge in [0.15, 0.2) is 0 Å². The molecule has 0 spiro atoms. The van der Waals surface area contributed by atoms with Crippen LogP contribution in [0, 0.1) is 5.82 Å². The Kier molecular flexibility index (Phi) is 4.90. The molecular weight excluding hydrogens is 289 g/mol. The molecule has 21 heavy (non-hydrogen) atoms. The fourth-order valence-corrected chi connectivity index (χ4v) is 2.79. The molecule has 0 saturated carbocycles. The number of nitrogens with one attached hydrogen (secondary N) is 1. The number of likely N-dealkylation sites (tertiary alicyclic amines) is 1. The van der Waals surface area contributed by atoms with Crippen LogP contribution in [0.4, 0.5) is 4.39 Å². The summed E-state index contributed by atoms with van der Waals surface area (Å²) in [5.41, 5.74) is 6.02. The number of amides is 1. The molecular formula is C15H20FN3OS. The van der Waals surface area contributed by atoms with Gasteiger partial charge in [-0.1, -0.05) is 24.4 Å². The predicted molar refractivity (Wildman–Crippen MR) is 84.5 cm³/mol. The molecule has 1 heterocycles. The van der Waals surface area contributed by atoms with Crippen LogP contribution in [0.2, 0.25) is 0 Å². The van der Waals surface area contributed by atoms with Gasteiger partial charge in [-0.25, -0.2) is 4.39 Å². The van der Waals surface area contributed by atoms with Crippen LogP contribution in [0.5, 0.6) is 0 Å². The van der Waals surface area contributed by atoms with E-state index in [4.69, 9.17) is 18.0 Å². The number of carbonyl (C=O) groups is 1. The largest absolute Gasteiger partial charge is 0.391 e. The average molecular weight is 309 g/mol. The number of hydrogen-bond donors (Lipinski definition) is 2. The van der Waals surface area contributed by atoms with Crippen molar-refractivity contribution in [2.45, 2.75) is 24.8 Å². The summed E-state index contributed by atoms with van der Waals surface area (Å²) in [6.45, 7) is 1.68. The number of halogens is 1. The molecule has 1 aliphatic heterocycles. The highest BCUT2D eigenvalue weighted by molar-refractivity contribution is 7.80. The first-order valence-electron chi connectivity index (χ1n) is 6.95. The Morgan fingerprint density at radius 3 is 2.48 bits per heavy atom. The zero-order valence-electron chi connectivity index (χ0n) is 12.1. The second-order valence-corrected chi connectivity index (χ2v) is 6.04. The van der Waals surface area contributed by atoms with Gasteiger partial charge in [0.2, 0.25) is 5.91 Å². The Labute approximate surface area is 129 Å². The van der Waals surface area contributed by atoms with Crippen molar-refractivity contribution >= 4 is 23.1 Å². The fourth-order valence-electron chi connectivity index (χ4n) is 2.53. The van der Waals surface area contributed by atoms with E-state index in [1.54, 1.807) is 12.1 Å². The Bertz CT molecular complexity index is 524. The molecule has 114 valence electrons. The Hall–Kier alpha value is -1.53. The molecule has 2 rings (SSSR count). The van der Waals surface area contributed by atoms with Crippen LogP contribution < -0.4 is 11.1 Å². The summed E-state index contributed by atoms with van der Waals surface area (Å²) in [5.74, 6) is -0.451. The molecule has 0 atom stereocenters. The summed E-state index contributed by atoms with van der Waals surface area (Å²) in [7, 11) is 2.03. The predicted octanol–water partition coefficient (Wildman–Crippen LogP) is 1.23. The lowest BCUT2D eigenvalue weighted by molar-refractivity contribution is -0.122. The maximum Gasteiger partial charge on any atom is 0.225 e. The van der Waals surface area contributed by atoms with E-state index in [2.05, 4.69) is 10.2 Å². The van der Waals surface area contributed by atoms with Gasteiger partial charge in [0.05, 0.1) is 16.9 Å². The fraction of sp³-hybridized carbons (Fsp3) is 0.467. The summed E-state index contributed by atoms with van der Waals surface area (Å²) in [6, 6.07) is 5.91. The normalized spacial score (nSPS) is 18.2. The molecule has 3 N–H and O–H groups in total. The second-order valence-electron chi connectivity index (χ2n) is 5.60. The van der Waals surface area contributed by atoms with Crippen LogP contribution in [0.3, 0.4) is 0 Å². The molecule has 1 fully saturated rings. The average Bonchev–Trinajstić information content (AvgIpc) is 2.44. The quantitative estimate of drug-likeness (QED) is 0.822. The lowest BCUT2D eigenvalue weighted by atomic mass is 9.87. The molecule has 1 aromatic rings. The molecule has 0 aromatic heterocycles. The number of thiocarbonyl (C=S) groups is 1. The van der Waals surface area contributed by atoms with Crippen molar-refractivity contribution in [1.82, 2.24) is 10.2 Å². The van der Waals surface area contributed by atoms with E-state index in [-0.39, 0.29) is 18.1 Å². The number of carbonyl (C=O) groups excluding carboxylic acids is 1. The topological polar surface area (TPSA) is 58.4 Å². The Morgan fingerprint density at radius 2 is 1.95 bits per heavy atom. The van der Waals surface area contributed by atoms with Crippen molar-refractivity contribution in [3.05, 3.63) is 35.6 Å². The van der Waals surface area contributed by atoms with Gasteiger partial charge in [0.1, 0.15) is 5.82 Å². The van der Waals surface area contributed by atoms with E-state index in [0.29, 0.717) is 17.8 Å². The molecule has 1 aromatic carbocycles. The number of hydrogen-bond acceptors (Lipinski definition) is 3. The van der Waals surface area contributed by atoms with Crippen LogP contribution >= 0.6 is 12.2 Å². The second kappa shape index (κ2) is 6.49. The van der Waals surface area contributed by atoms with Crippen LogP contribution in [-0.2, 0) is 11.2 Å². The van der Waals surface area contributed by atoms with Crippen LogP contribution in [-0.4, -0.2) is 41.5 Å². The highest BCUT2D eigenvalue weighted by Gasteiger charge is 2.37. The maximum absolute atomic E-state index is 12.9. The number of benzene rings is 1. The van der Waals surface area contributed by atoms with Gasteiger partial charge in [0, 0.05) is 13.1 Å². The van der Waals surface area contributed by atoms with Gasteiger partial charge >= 0.3 is 0 Å². The van der Waals surface area contributed by atoms with E-state index in [1.807, 2.05) is 7.05 Å². The van der Waals surface area contributed by atoms with Crippen molar-refractivity contribution in [3.8, 4) is 0 Å². The Morgan fingerprint density at radius 1 is 1.38 bits per heavy atom. The third kappa shape index (κ3) is 3.98. The van der Waals surface area contributed by atoms with E-state index in [1.165, 1.54) is 12.1 Å². The summed E-state index contributed by atoms with van der Waals surface area (Å²) in [4.78, 5) is 14.7. The van der Waals surface area contributed by atoms with Crippen molar-refractivity contribution < 1.29 is 9.18 Å². The molecule has 0 bridgehead atoms. The van der Waals surface area contributed by atoms with E-state index >= 15 is 0 Å². The first-order valence-corrected chi connectivity index (χ1v) is 7.36. The Balaban J connectivity index is 2.02. The van der Waals surface area contributed by atoms with Gasteiger partial charge < -0.3 is 16.0 Å².